The Morgan fingerprint density at radius 1 is 1.50 bits per heavy atom. The summed E-state index contributed by atoms with van der Waals surface area (Å²) in [4.78, 5) is 22.1. The second kappa shape index (κ2) is 4.94. The lowest BCUT2D eigenvalue weighted by molar-refractivity contribution is 0.0692. The maximum atomic E-state index is 11.4. The number of hydrogen-bond donors (Lipinski definition) is 1. The van der Waals surface area contributed by atoms with Crippen molar-refractivity contribution < 1.29 is 19.4 Å². The molecule has 1 aromatic rings. The number of carbonyl (C=O) groups is 2. The fraction of sp³-hybridized carbons (Fsp3) is 0.182. The lowest BCUT2D eigenvalue weighted by Gasteiger charge is -2.06. The van der Waals surface area contributed by atoms with E-state index in [4.69, 9.17) is 15.1 Å². The number of carbonyl (C=O) groups excluding carboxylic acids is 1. The summed E-state index contributed by atoms with van der Waals surface area (Å²) in [5.74, 6) is -1.38. The number of aromatic carboxylic acids is 1. The van der Waals surface area contributed by atoms with E-state index in [1.807, 2.05) is 0 Å². The summed E-state index contributed by atoms with van der Waals surface area (Å²) in [5.41, 5.74) is 0.249. The summed E-state index contributed by atoms with van der Waals surface area (Å²) in [6.45, 7) is 0. The molecule has 82 valence electrons. The first-order valence-electron chi connectivity index (χ1n) is 4.41. The summed E-state index contributed by atoms with van der Waals surface area (Å²) in [6, 6.07) is 5.71. The first-order valence-corrected chi connectivity index (χ1v) is 4.41. The van der Waals surface area contributed by atoms with E-state index in [-0.39, 0.29) is 29.1 Å². The van der Waals surface area contributed by atoms with Gasteiger partial charge in [-0.1, -0.05) is 6.07 Å². The topological polar surface area (TPSA) is 87.4 Å². The van der Waals surface area contributed by atoms with Gasteiger partial charge in [-0.3, -0.25) is 4.79 Å². The maximum absolute atomic E-state index is 11.4. The van der Waals surface area contributed by atoms with Crippen LogP contribution in [0.3, 0.4) is 0 Å². The number of nitriles is 1. The van der Waals surface area contributed by atoms with Gasteiger partial charge in [-0.25, -0.2) is 4.79 Å². The smallest absolute Gasteiger partial charge is 0.339 e. The van der Waals surface area contributed by atoms with Crippen molar-refractivity contribution in [3.63, 3.8) is 0 Å². The first kappa shape index (κ1) is 11.7. The number of rotatable bonds is 4. The molecule has 1 rings (SSSR count). The summed E-state index contributed by atoms with van der Waals surface area (Å²) in [7, 11) is 1.32. The highest BCUT2D eigenvalue weighted by Crippen LogP contribution is 2.20. The Morgan fingerprint density at radius 3 is 2.69 bits per heavy atom. The normalized spacial score (nSPS) is 9.25. The van der Waals surface area contributed by atoms with Crippen LogP contribution in [0.2, 0.25) is 0 Å². The highest BCUT2D eigenvalue weighted by molar-refractivity contribution is 5.99. The third-order valence-electron chi connectivity index (χ3n) is 1.99. The molecule has 0 aromatic heterocycles. The fourth-order valence-electron chi connectivity index (χ4n) is 1.22. The number of methoxy groups -OCH3 is 1. The molecule has 0 saturated carbocycles. The first-order chi connectivity index (χ1) is 7.60. The van der Waals surface area contributed by atoms with Gasteiger partial charge in [0, 0.05) is 5.56 Å². The SMILES string of the molecule is COc1cc(C(=O)CC#N)ccc1C(=O)O. The Bertz CT molecular complexity index is 473. The number of Topliss-reactive ketones (excluding diaryl/α,β-unsaturated/α-hetero) is 1. The average molecular weight is 219 g/mol. The van der Waals surface area contributed by atoms with Crippen LogP contribution in [0.4, 0.5) is 0 Å². The molecule has 0 atom stereocenters. The van der Waals surface area contributed by atoms with Crippen LogP contribution in [0.5, 0.6) is 5.75 Å². The molecule has 16 heavy (non-hydrogen) atoms. The van der Waals surface area contributed by atoms with Crippen molar-refractivity contribution in [2.24, 2.45) is 0 Å². The van der Waals surface area contributed by atoms with E-state index in [9.17, 15) is 9.59 Å². The van der Waals surface area contributed by atoms with Gasteiger partial charge in [0.15, 0.2) is 5.78 Å². The molecule has 1 N–H and O–H groups in total. The molecule has 5 heteroatoms. The van der Waals surface area contributed by atoms with Crippen LogP contribution in [-0.4, -0.2) is 24.0 Å². The number of carboxylic acids is 1. The Hall–Kier alpha value is -2.35. The van der Waals surface area contributed by atoms with E-state index >= 15 is 0 Å². The van der Waals surface area contributed by atoms with Crippen LogP contribution in [0.15, 0.2) is 18.2 Å². The molecule has 0 aliphatic heterocycles. The average Bonchev–Trinajstić information content (AvgIpc) is 2.28. The van der Waals surface area contributed by atoms with Crippen molar-refractivity contribution in [1.29, 1.82) is 5.26 Å². The van der Waals surface area contributed by atoms with Gasteiger partial charge in [-0.2, -0.15) is 5.26 Å². The van der Waals surface area contributed by atoms with Crippen molar-refractivity contribution >= 4 is 11.8 Å². The number of ether oxygens (including phenoxy) is 1. The number of ketones is 1. The molecule has 0 aliphatic carbocycles. The van der Waals surface area contributed by atoms with Crippen molar-refractivity contribution in [3.05, 3.63) is 29.3 Å². The standard InChI is InChI=1S/C11H9NO4/c1-16-10-6-7(9(13)4-5-12)2-3-8(10)11(14)15/h2-3,6H,4H2,1H3,(H,14,15). The third-order valence-corrected chi connectivity index (χ3v) is 1.99. The number of hydrogen-bond acceptors (Lipinski definition) is 4. The molecule has 0 fully saturated rings. The zero-order valence-corrected chi connectivity index (χ0v) is 8.56. The minimum atomic E-state index is -1.13. The Balaban J connectivity index is 3.14. The van der Waals surface area contributed by atoms with Crippen LogP contribution in [-0.2, 0) is 0 Å². The van der Waals surface area contributed by atoms with Gasteiger partial charge in [-0.15, -0.1) is 0 Å². The molecule has 0 heterocycles. The minimum absolute atomic E-state index is 0.0176. The van der Waals surface area contributed by atoms with Crippen LogP contribution in [0.1, 0.15) is 27.1 Å². The van der Waals surface area contributed by atoms with Crippen molar-refractivity contribution in [3.8, 4) is 11.8 Å². The molecular weight excluding hydrogens is 210 g/mol. The monoisotopic (exact) mass is 219 g/mol. The molecule has 5 nitrogen and oxygen atoms in total. The Kier molecular flexibility index (Phi) is 3.62. The molecule has 0 aliphatic rings. The van der Waals surface area contributed by atoms with E-state index < -0.39 is 5.97 Å². The number of benzene rings is 1. The maximum Gasteiger partial charge on any atom is 0.339 e. The van der Waals surface area contributed by atoms with E-state index in [1.165, 1.54) is 25.3 Å². The fourth-order valence-corrected chi connectivity index (χ4v) is 1.22. The highest BCUT2D eigenvalue weighted by atomic mass is 16.5. The van der Waals surface area contributed by atoms with E-state index in [0.717, 1.165) is 0 Å². The van der Waals surface area contributed by atoms with Gasteiger partial charge in [0.05, 0.1) is 19.6 Å². The van der Waals surface area contributed by atoms with E-state index in [0.29, 0.717) is 0 Å². The molecule has 1 aromatic carbocycles. The summed E-state index contributed by atoms with van der Waals surface area (Å²) < 4.78 is 4.86. The molecule has 0 spiro atoms. The van der Waals surface area contributed by atoms with Crippen molar-refractivity contribution in [2.75, 3.05) is 7.11 Å². The second-order valence-corrected chi connectivity index (χ2v) is 2.98. The second-order valence-electron chi connectivity index (χ2n) is 2.98. The van der Waals surface area contributed by atoms with Crippen LogP contribution < -0.4 is 4.74 Å². The minimum Gasteiger partial charge on any atom is -0.496 e. The van der Waals surface area contributed by atoms with Gasteiger partial charge in [0.1, 0.15) is 11.3 Å². The molecular formula is C11H9NO4. The van der Waals surface area contributed by atoms with Crippen LogP contribution >= 0.6 is 0 Å². The lowest BCUT2D eigenvalue weighted by Crippen LogP contribution is -2.04. The molecule has 0 radical (unpaired) electrons. The van der Waals surface area contributed by atoms with Crippen molar-refractivity contribution in [2.45, 2.75) is 6.42 Å². The summed E-state index contributed by atoms with van der Waals surface area (Å²) in [5, 5.41) is 17.2. The largest absolute Gasteiger partial charge is 0.496 e. The summed E-state index contributed by atoms with van der Waals surface area (Å²) in [6.07, 6.45) is -0.241. The highest BCUT2D eigenvalue weighted by Gasteiger charge is 2.14. The number of carboxylic acid groups (broad SMARTS) is 1. The van der Waals surface area contributed by atoms with Gasteiger partial charge >= 0.3 is 5.97 Å². The van der Waals surface area contributed by atoms with Gasteiger partial charge in [0.2, 0.25) is 0 Å². The van der Waals surface area contributed by atoms with E-state index in [2.05, 4.69) is 0 Å². The Labute approximate surface area is 91.9 Å². The molecule has 0 unspecified atom stereocenters. The molecule has 0 saturated heterocycles. The molecule has 0 bridgehead atoms. The predicted octanol–water partition coefficient (Wildman–Crippen LogP) is 1.49. The predicted molar refractivity (Wildman–Crippen MR) is 54.5 cm³/mol. The third kappa shape index (κ3) is 2.36. The van der Waals surface area contributed by atoms with Crippen LogP contribution in [0, 0.1) is 11.3 Å². The van der Waals surface area contributed by atoms with Gasteiger partial charge in [-0.05, 0) is 12.1 Å². The quantitative estimate of drug-likeness (QED) is 0.775. The van der Waals surface area contributed by atoms with E-state index in [1.54, 1.807) is 6.07 Å². The van der Waals surface area contributed by atoms with Crippen LogP contribution in [0.25, 0.3) is 0 Å². The lowest BCUT2D eigenvalue weighted by atomic mass is 10.1. The van der Waals surface area contributed by atoms with Gasteiger partial charge < -0.3 is 9.84 Å². The molecule has 0 amide bonds. The summed E-state index contributed by atoms with van der Waals surface area (Å²) >= 11 is 0. The zero-order valence-electron chi connectivity index (χ0n) is 8.56. The number of nitrogens with zero attached hydrogens (tertiary/aromatic N) is 1. The Morgan fingerprint density at radius 2 is 2.19 bits per heavy atom. The van der Waals surface area contributed by atoms with Crippen molar-refractivity contribution in [1.82, 2.24) is 0 Å². The van der Waals surface area contributed by atoms with Gasteiger partial charge in [0.25, 0.3) is 0 Å². The zero-order chi connectivity index (χ0) is 12.1.